The zero-order chi connectivity index (χ0) is 14.5. The van der Waals surface area contributed by atoms with Crippen LogP contribution in [0, 0.1) is 0 Å². The molecule has 0 radical (unpaired) electrons. The molecule has 1 aromatic rings. The normalized spacial score (nSPS) is 19.6. The lowest BCUT2D eigenvalue weighted by Gasteiger charge is -2.28. The number of halogens is 1. The highest BCUT2D eigenvalue weighted by molar-refractivity contribution is 6.18. The Morgan fingerprint density at radius 2 is 1.95 bits per heavy atom. The Kier molecular flexibility index (Phi) is 5.30. The second-order valence-electron chi connectivity index (χ2n) is 5.60. The smallest absolute Gasteiger partial charge is 0.254 e. The average molecular weight is 295 g/mol. The van der Waals surface area contributed by atoms with E-state index in [1.807, 2.05) is 48.2 Å². The fourth-order valence-electron chi connectivity index (χ4n) is 2.67. The Hall–Kier alpha value is -1.22. The number of amides is 1. The lowest BCUT2D eigenvalue weighted by atomic mass is 10.1. The molecule has 0 N–H and O–H groups in total. The van der Waals surface area contributed by atoms with Gasteiger partial charge in [-0.3, -0.25) is 4.79 Å². The molecule has 1 atom stereocenters. The van der Waals surface area contributed by atoms with Crippen LogP contribution in [0.3, 0.4) is 0 Å². The van der Waals surface area contributed by atoms with Gasteiger partial charge in [0.2, 0.25) is 0 Å². The van der Waals surface area contributed by atoms with Crippen molar-refractivity contribution >= 4 is 23.2 Å². The van der Waals surface area contributed by atoms with Crippen molar-refractivity contribution in [3.8, 4) is 0 Å². The molecule has 1 aromatic carbocycles. The van der Waals surface area contributed by atoms with Gasteiger partial charge in [-0.15, -0.1) is 11.6 Å². The molecule has 0 bridgehead atoms. The van der Waals surface area contributed by atoms with Gasteiger partial charge in [-0.2, -0.15) is 0 Å². The summed E-state index contributed by atoms with van der Waals surface area (Å²) in [7, 11) is 3.99. The number of carbonyl (C=O) groups is 1. The van der Waals surface area contributed by atoms with Crippen LogP contribution in [-0.2, 0) is 0 Å². The predicted molar refractivity (Wildman–Crippen MR) is 84.8 cm³/mol. The highest BCUT2D eigenvalue weighted by atomic mass is 35.5. The summed E-state index contributed by atoms with van der Waals surface area (Å²) < 4.78 is 0. The lowest BCUT2D eigenvalue weighted by molar-refractivity contribution is 0.0700. The Labute approximate surface area is 126 Å². The van der Waals surface area contributed by atoms with E-state index in [1.54, 1.807) is 0 Å². The van der Waals surface area contributed by atoms with Gasteiger partial charge in [-0.25, -0.2) is 0 Å². The van der Waals surface area contributed by atoms with Crippen molar-refractivity contribution in [3.63, 3.8) is 0 Å². The van der Waals surface area contributed by atoms with Crippen molar-refractivity contribution < 1.29 is 4.79 Å². The lowest BCUT2D eigenvalue weighted by Crippen LogP contribution is -2.41. The quantitative estimate of drug-likeness (QED) is 0.798. The summed E-state index contributed by atoms with van der Waals surface area (Å²) in [4.78, 5) is 16.6. The van der Waals surface area contributed by atoms with E-state index in [-0.39, 0.29) is 11.9 Å². The predicted octanol–water partition coefficient (Wildman–Crippen LogP) is 3.38. The molecular formula is C16H23ClN2O. The van der Waals surface area contributed by atoms with Gasteiger partial charge in [-0.1, -0.05) is 12.8 Å². The first-order chi connectivity index (χ1) is 9.63. The van der Waals surface area contributed by atoms with Gasteiger partial charge in [-0.05, 0) is 37.1 Å². The van der Waals surface area contributed by atoms with E-state index in [1.165, 1.54) is 12.8 Å². The van der Waals surface area contributed by atoms with Crippen LogP contribution in [0.1, 0.15) is 36.0 Å². The van der Waals surface area contributed by atoms with Crippen molar-refractivity contribution in [1.82, 2.24) is 4.90 Å². The van der Waals surface area contributed by atoms with E-state index >= 15 is 0 Å². The second kappa shape index (κ2) is 6.98. The van der Waals surface area contributed by atoms with E-state index in [0.29, 0.717) is 5.88 Å². The molecule has 1 unspecified atom stereocenters. The largest absolute Gasteiger partial charge is 0.378 e. The van der Waals surface area contributed by atoms with Crippen LogP contribution in [0.15, 0.2) is 24.3 Å². The molecule has 0 saturated carbocycles. The van der Waals surface area contributed by atoms with E-state index in [4.69, 9.17) is 11.6 Å². The molecule has 1 amide bonds. The topological polar surface area (TPSA) is 23.6 Å². The van der Waals surface area contributed by atoms with E-state index in [9.17, 15) is 4.79 Å². The highest BCUT2D eigenvalue weighted by Gasteiger charge is 2.25. The van der Waals surface area contributed by atoms with Crippen LogP contribution in [0.25, 0.3) is 0 Å². The third-order valence-corrected chi connectivity index (χ3v) is 4.30. The molecule has 0 aromatic heterocycles. The number of hydrogen-bond donors (Lipinski definition) is 0. The molecule has 110 valence electrons. The standard InChI is InChI=1S/C16H23ClN2O/c1-18(2)14-9-7-13(8-10-14)16(20)19-11-5-3-4-6-15(19)12-17/h7-10,15H,3-6,11-12H2,1-2H3. The molecule has 3 nitrogen and oxygen atoms in total. The summed E-state index contributed by atoms with van der Waals surface area (Å²) in [6.07, 6.45) is 4.46. The van der Waals surface area contributed by atoms with Crippen LogP contribution in [0.4, 0.5) is 5.69 Å². The van der Waals surface area contributed by atoms with Gasteiger partial charge >= 0.3 is 0 Å². The number of nitrogens with zero attached hydrogens (tertiary/aromatic N) is 2. The summed E-state index contributed by atoms with van der Waals surface area (Å²) in [5, 5.41) is 0. The molecule has 0 aliphatic carbocycles. The van der Waals surface area contributed by atoms with Crippen molar-refractivity contribution in [1.29, 1.82) is 0 Å². The van der Waals surface area contributed by atoms with Gasteiger partial charge in [0.25, 0.3) is 5.91 Å². The fourth-order valence-corrected chi connectivity index (χ4v) is 2.99. The minimum atomic E-state index is 0.114. The third-order valence-electron chi connectivity index (χ3n) is 3.95. The first-order valence-corrected chi connectivity index (χ1v) is 7.81. The minimum absolute atomic E-state index is 0.114. The maximum Gasteiger partial charge on any atom is 0.254 e. The molecule has 1 saturated heterocycles. The van der Waals surface area contributed by atoms with Crippen LogP contribution in [0.2, 0.25) is 0 Å². The molecule has 1 aliphatic rings. The number of alkyl halides is 1. The maximum atomic E-state index is 12.7. The number of likely N-dealkylation sites (tertiary alicyclic amines) is 1. The molecule has 20 heavy (non-hydrogen) atoms. The van der Waals surface area contributed by atoms with Crippen molar-refractivity contribution in [2.75, 3.05) is 31.4 Å². The first kappa shape index (κ1) is 15.2. The summed E-state index contributed by atoms with van der Waals surface area (Å²) >= 11 is 6.05. The molecule has 2 rings (SSSR count). The summed E-state index contributed by atoms with van der Waals surface area (Å²) in [5.74, 6) is 0.643. The van der Waals surface area contributed by atoms with Gasteiger partial charge in [0.15, 0.2) is 0 Å². The third kappa shape index (κ3) is 3.45. The number of hydrogen-bond acceptors (Lipinski definition) is 2. The Balaban J connectivity index is 2.15. The first-order valence-electron chi connectivity index (χ1n) is 7.28. The van der Waals surface area contributed by atoms with Crippen LogP contribution < -0.4 is 4.90 Å². The highest BCUT2D eigenvalue weighted by Crippen LogP contribution is 2.21. The molecule has 1 heterocycles. The zero-order valence-electron chi connectivity index (χ0n) is 12.3. The Bertz CT molecular complexity index is 444. The maximum absolute atomic E-state index is 12.7. The monoisotopic (exact) mass is 294 g/mol. The van der Waals surface area contributed by atoms with E-state index in [0.717, 1.165) is 30.6 Å². The van der Waals surface area contributed by atoms with Crippen molar-refractivity contribution in [2.24, 2.45) is 0 Å². The molecule has 4 heteroatoms. The molecule has 1 fully saturated rings. The summed E-state index contributed by atoms with van der Waals surface area (Å²) in [5.41, 5.74) is 1.86. The number of anilines is 1. The number of carbonyl (C=O) groups excluding carboxylic acids is 1. The van der Waals surface area contributed by atoms with Crippen LogP contribution >= 0.6 is 11.6 Å². The molecular weight excluding hydrogens is 272 g/mol. The van der Waals surface area contributed by atoms with Gasteiger partial charge in [0.1, 0.15) is 0 Å². The zero-order valence-corrected chi connectivity index (χ0v) is 13.1. The Morgan fingerprint density at radius 3 is 2.55 bits per heavy atom. The van der Waals surface area contributed by atoms with Gasteiger partial charge in [0.05, 0.1) is 0 Å². The SMILES string of the molecule is CN(C)c1ccc(C(=O)N2CCCCCC2CCl)cc1. The van der Waals surface area contributed by atoms with E-state index < -0.39 is 0 Å². The second-order valence-corrected chi connectivity index (χ2v) is 5.91. The minimum Gasteiger partial charge on any atom is -0.378 e. The summed E-state index contributed by atoms with van der Waals surface area (Å²) in [6.45, 7) is 0.825. The fraction of sp³-hybridized carbons (Fsp3) is 0.562. The molecule has 1 aliphatic heterocycles. The van der Waals surface area contributed by atoms with Crippen LogP contribution in [-0.4, -0.2) is 43.4 Å². The molecule has 0 spiro atoms. The Morgan fingerprint density at radius 1 is 1.25 bits per heavy atom. The van der Waals surface area contributed by atoms with Gasteiger partial charge in [0, 0.05) is 43.8 Å². The summed E-state index contributed by atoms with van der Waals surface area (Å²) in [6, 6.07) is 7.98. The average Bonchev–Trinajstić information content (AvgIpc) is 2.71. The van der Waals surface area contributed by atoms with Crippen molar-refractivity contribution in [3.05, 3.63) is 29.8 Å². The van der Waals surface area contributed by atoms with Crippen LogP contribution in [0.5, 0.6) is 0 Å². The van der Waals surface area contributed by atoms with E-state index in [2.05, 4.69) is 0 Å². The van der Waals surface area contributed by atoms with Crippen molar-refractivity contribution in [2.45, 2.75) is 31.7 Å². The number of rotatable bonds is 3. The van der Waals surface area contributed by atoms with Gasteiger partial charge < -0.3 is 9.80 Å². The number of benzene rings is 1.